The molecule has 6 nitrogen and oxygen atoms in total. The molecule has 1 saturated heterocycles. The van der Waals surface area contributed by atoms with Crippen LogP contribution in [-0.4, -0.2) is 43.2 Å². The summed E-state index contributed by atoms with van der Waals surface area (Å²) >= 11 is 1.81. The van der Waals surface area contributed by atoms with E-state index in [0.29, 0.717) is 24.9 Å². The average molecular weight is 425 g/mol. The number of hydrogen-bond acceptors (Lipinski definition) is 5. The molecule has 0 spiro atoms. The fourth-order valence-corrected chi connectivity index (χ4v) is 5.43. The van der Waals surface area contributed by atoms with E-state index in [-0.39, 0.29) is 11.9 Å². The van der Waals surface area contributed by atoms with Gasteiger partial charge in [-0.2, -0.15) is 0 Å². The van der Waals surface area contributed by atoms with E-state index in [4.69, 9.17) is 14.5 Å². The van der Waals surface area contributed by atoms with E-state index in [1.807, 2.05) is 42.5 Å². The number of benzene rings is 2. The lowest BCUT2D eigenvalue weighted by molar-refractivity contribution is -0.919. The molecule has 2 aromatic carbocycles. The molecule has 1 aromatic heterocycles. The number of nitrogens with zero attached hydrogens (tertiary/aromatic N) is 1. The number of piperidine rings is 1. The minimum atomic E-state index is -0.102. The Bertz CT molecular complexity index is 1030. The Morgan fingerprint density at radius 1 is 1.13 bits per heavy atom. The van der Waals surface area contributed by atoms with Crippen molar-refractivity contribution in [1.82, 2.24) is 4.98 Å². The van der Waals surface area contributed by atoms with Crippen LogP contribution in [0.2, 0.25) is 0 Å². The Balaban J connectivity index is 1.19. The number of para-hydroxylation sites is 1. The third kappa shape index (κ3) is 3.87. The third-order valence-corrected chi connectivity index (χ3v) is 7.30. The second kappa shape index (κ2) is 8.24. The zero-order valence-electron chi connectivity index (χ0n) is 17.0. The number of fused-ring (bicyclic) bond motifs is 2. The number of thiazole rings is 1. The summed E-state index contributed by atoms with van der Waals surface area (Å²) in [4.78, 5) is 19.0. The van der Waals surface area contributed by atoms with Gasteiger partial charge in [-0.3, -0.25) is 4.79 Å². The van der Waals surface area contributed by atoms with E-state index in [9.17, 15) is 4.79 Å². The minimum absolute atomic E-state index is 0.0418. The smallest absolute Gasteiger partial charge is 0.282 e. The van der Waals surface area contributed by atoms with Gasteiger partial charge in [0.15, 0.2) is 17.5 Å². The van der Waals surface area contributed by atoms with Crippen molar-refractivity contribution >= 4 is 33.1 Å². The summed E-state index contributed by atoms with van der Waals surface area (Å²) in [5.41, 5.74) is 1.85. The standard InChI is InChI=1S/C23H25N3O3S/c1-15(22(27)24-17-6-7-19-20(14-17)29-13-12-28-19)26-10-8-16(9-11-26)23-25-18-4-2-3-5-21(18)30-23/h2-7,14-16H,8-13H2,1H3,(H,24,27)/p+1/t15-/m0/s1. The number of carbonyl (C=O) groups is 1. The number of rotatable bonds is 4. The molecule has 156 valence electrons. The van der Waals surface area contributed by atoms with Crippen LogP contribution in [0.1, 0.15) is 30.7 Å². The molecule has 0 bridgehead atoms. The van der Waals surface area contributed by atoms with Crippen LogP contribution in [0.5, 0.6) is 11.5 Å². The van der Waals surface area contributed by atoms with Crippen molar-refractivity contribution < 1.29 is 19.2 Å². The van der Waals surface area contributed by atoms with Crippen LogP contribution < -0.4 is 19.7 Å². The largest absolute Gasteiger partial charge is 0.486 e. The molecule has 5 rings (SSSR count). The number of likely N-dealkylation sites (tertiary alicyclic amines) is 1. The maximum atomic E-state index is 12.8. The van der Waals surface area contributed by atoms with Gasteiger partial charge in [0.05, 0.1) is 28.3 Å². The van der Waals surface area contributed by atoms with Crippen molar-refractivity contribution in [3.63, 3.8) is 0 Å². The van der Waals surface area contributed by atoms with Gasteiger partial charge in [0.1, 0.15) is 13.2 Å². The van der Waals surface area contributed by atoms with Gasteiger partial charge >= 0.3 is 0 Å². The molecule has 30 heavy (non-hydrogen) atoms. The Labute approximate surface area is 179 Å². The SMILES string of the molecule is C[C@@H](C(=O)Nc1ccc2c(c1)OCCO2)[NH+]1CCC(c2nc3ccccc3s2)CC1. The Morgan fingerprint density at radius 2 is 1.90 bits per heavy atom. The first-order valence-electron chi connectivity index (χ1n) is 10.6. The maximum Gasteiger partial charge on any atom is 0.282 e. The van der Waals surface area contributed by atoms with Crippen molar-refractivity contribution in [1.29, 1.82) is 0 Å². The first-order chi connectivity index (χ1) is 14.7. The quantitative estimate of drug-likeness (QED) is 0.676. The number of amides is 1. The Morgan fingerprint density at radius 3 is 2.70 bits per heavy atom. The second-order valence-corrected chi connectivity index (χ2v) is 9.08. The van der Waals surface area contributed by atoms with Crippen LogP contribution >= 0.6 is 11.3 Å². The zero-order chi connectivity index (χ0) is 20.5. The van der Waals surface area contributed by atoms with Crippen molar-refractivity contribution in [3.8, 4) is 11.5 Å². The van der Waals surface area contributed by atoms with Gasteiger partial charge in [-0.25, -0.2) is 4.98 Å². The predicted molar refractivity (Wildman–Crippen MR) is 118 cm³/mol. The molecule has 2 aliphatic heterocycles. The van der Waals surface area contributed by atoms with Crippen molar-refractivity contribution in [2.45, 2.75) is 31.7 Å². The molecule has 7 heteroatoms. The summed E-state index contributed by atoms with van der Waals surface area (Å²) < 4.78 is 12.4. The Hall–Kier alpha value is -2.64. The fourth-order valence-electron chi connectivity index (χ4n) is 4.29. The van der Waals surface area contributed by atoms with Gasteiger partial charge in [0.25, 0.3) is 5.91 Å². The number of nitrogens with one attached hydrogen (secondary N) is 2. The lowest BCUT2D eigenvalue weighted by Gasteiger charge is -2.31. The van der Waals surface area contributed by atoms with E-state index in [0.717, 1.165) is 42.9 Å². The summed E-state index contributed by atoms with van der Waals surface area (Å²) in [5.74, 6) is 1.96. The van der Waals surface area contributed by atoms with Gasteiger partial charge < -0.3 is 19.7 Å². The summed E-state index contributed by atoms with van der Waals surface area (Å²) in [6.07, 6.45) is 2.13. The summed E-state index contributed by atoms with van der Waals surface area (Å²) in [5, 5.41) is 4.28. The number of ether oxygens (including phenoxy) is 2. The van der Waals surface area contributed by atoms with Crippen LogP contribution in [0.25, 0.3) is 10.2 Å². The van der Waals surface area contributed by atoms with Crippen LogP contribution in [0.15, 0.2) is 42.5 Å². The first kappa shape index (κ1) is 19.3. The minimum Gasteiger partial charge on any atom is -0.486 e. The van der Waals surface area contributed by atoms with E-state index >= 15 is 0 Å². The molecular formula is C23H26N3O3S+. The fraction of sp³-hybridized carbons (Fsp3) is 0.391. The molecule has 3 heterocycles. The highest BCUT2D eigenvalue weighted by atomic mass is 32.1. The highest BCUT2D eigenvalue weighted by Crippen LogP contribution is 2.33. The lowest BCUT2D eigenvalue weighted by atomic mass is 9.96. The van der Waals surface area contributed by atoms with Crippen LogP contribution in [-0.2, 0) is 4.79 Å². The average Bonchev–Trinajstić information content (AvgIpc) is 3.23. The topological polar surface area (TPSA) is 64.9 Å². The lowest BCUT2D eigenvalue weighted by Crippen LogP contribution is -3.17. The van der Waals surface area contributed by atoms with Crippen LogP contribution in [0, 0.1) is 0 Å². The number of hydrogen-bond donors (Lipinski definition) is 2. The Kier molecular flexibility index (Phi) is 5.31. The highest BCUT2D eigenvalue weighted by molar-refractivity contribution is 7.18. The first-order valence-corrected chi connectivity index (χ1v) is 11.4. The molecule has 1 atom stereocenters. The molecule has 1 fully saturated rings. The molecule has 0 radical (unpaired) electrons. The molecule has 2 N–H and O–H groups in total. The highest BCUT2D eigenvalue weighted by Gasteiger charge is 2.32. The molecule has 0 saturated carbocycles. The van der Waals surface area contributed by atoms with E-state index < -0.39 is 0 Å². The predicted octanol–water partition coefficient (Wildman–Crippen LogP) is 2.86. The van der Waals surface area contributed by atoms with Gasteiger partial charge in [-0.15, -0.1) is 11.3 Å². The molecular weight excluding hydrogens is 398 g/mol. The second-order valence-electron chi connectivity index (χ2n) is 8.02. The zero-order valence-corrected chi connectivity index (χ0v) is 17.8. The molecule has 0 aliphatic carbocycles. The van der Waals surface area contributed by atoms with Gasteiger partial charge in [0.2, 0.25) is 0 Å². The number of aromatic nitrogens is 1. The van der Waals surface area contributed by atoms with Crippen LogP contribution in [0.3, 0.4) is 0 Å². The van der Waals surface area contributed by atoms with Crippen molar-refractivity contribution in [2.24, 2.45) is 0 Å². The molecule has 2 aliphatic rings. The van der Waals surface area contributed by atoms with Crippen molar-refractivity contribution in [2.75, 3.05) is 31.6 Å². The van der Waals surface area contributed by atoms with E-state index in [1.165, 1.54) is 14.6 Å². The summed E-state index contributed by atoms with van der Waals surface area (Å²) in [6.45, 7) is 5.08. The van der Waals surface area contributed by atoms with Crippen LogP contribution in [0.4, 0.5) is 5.69 Å². The van der Waals surface area contributed by atoms with Crippen molar-refractivity contribution in [3.05, 3.63) is 47.5 Å². The molecule has 1 amide bonds. The third-order valence-electron chi connectivity index (χ3n) is 6.10. The maximum absolute atomic E-state index is 12.8. The van der Waals surface area contributed by atoms with Gasteiger partial charge in [-0.1, -0.05) is 12.1 Å². The molecule has 0 unspecified atom stereocenters. The molecule has 3 aromatic rings. The van der Waals surface area contributed by atoms with E-state index in [2.05, 4.69) is 23.5 Å². The van der Waals surface area contributed by atoms with E-state index in [1.54, 1.807) is 0 Å². The number of anilines is 1. The summed E-state index contributed by atoms with van der Waals surface area (Å²) in [7, 11) is 0. The van der Waals surface area contributed by atoms with Gasteiger partial charge in [0, 0.05) is 30.5 Å². The monoisotopic (exact) mass is 424 g/mol. The number of carbonyl (C=O) groups excluding carboxylic acids is 1. The van der Waals surface area contributed by atoms with Gasteiger partial charge in [-0.05, 0) is 31.2 Å². The normalized spacial score (nSPS) is 21.9. The summed E-state index contributed by atoms with van der Waals surface area (Å²) in [6, 6.07) is 13.8. The number of quaternary nitrogens is 1.